The summed E-state index contributed by atoms with van der Waals surface area (Å²) in [4.78, 5) is 21.0. The van der Waals surface area contributed by atoms with Gasteiger partial charge in [0.05, 0.1) is 5.69 Å². The number of anilines is 1. The third-order valence-electron chi connectivity index (χ3n) is 3.86. The highest BCUT2D eigenvalue weighted by molar-refractivity contribution is 5.97. The number of rotatable bonds is 5. The predicted molar refractivity (Wildman–Crippen MR) is 80.5 cm³/mol. The average molecular weight is 276 g/mol. The van der Waals surface area contributed by atoms with Gasteiger partial charge in [-0.25, -0.2) is 4.98 Å². The highest BCUT2D eigenvalue weighted by Crippen LogP contribution is 2.25. The Hall–Kier alpha value is -1.62. The van der Waals surface area contributed by atoms with Gasteiger partial charge in [-0.05, 0) is 39.1 Å². The number of carbonyl (C=O) groups is 1. The van der Waals surface area contributed by atoms with Crippen LogP contribution in [0.3, 0.4) is 0 Å². The summed E-state index contributed by atoms with van der Waals surface area (Å²) < 4.78 is 0. The summed E-state index contributed by atoms with van der Waals surface area (Å²) in [6, 6.07) is 3.83. The Labute approximate surface area is 120 Å². The number of likely N-dealkylation sites (N-methyl/N-ethyl adjacent to an activating group) is 1. The molecule has 0 unspecified atom stereocenters. The number of hydrogen-bond acceptors (Lipinski definition) is 4. The summed E-state index contributed by atoms with van der Waals surface area (Å²) in [7, 11) is 4.04. The van der Waals surface area contributed by atoms with Crippen molar-refractivity contribution in [3.63, 3.8) is 0 Å². The van der Waals surface area contributed by atoms with Gasteiger partial charge in [0.1, 0.15) is 0 Å². The molecule has 1 aliphatic rings. The molecule has 1 heterocycles. The largest absolute Gasteiger partial charge is 0.397 e. The Morgan fingerprint density at radius 1 is 1.35 bits per heavy atom. The maximum atomic E-state index is 12.7. The second-order valence-corrected chi connectivity index (χ2v) is 5.68. The van der Waals surface area contributed by atoms with Crippen molar-refractivity contribution in [3.05, 3.63) is 24.0 Å². The van der Waals surface area contributed by atoms with E-state index in [1.54, 1.807) is 18.3 Å². The van der Waals surface area contributed by atoms with Crippen molar-refractivity contribution in [1.29, 1.82) is 0 Å². The van der Waals surface area contributed by atoms with Crippen molar-refractivity contribution >= 4 is 11.6 Å². The molecule has 110 valence electrons. The van der Waals surface area contributed by atoms with Crippen LogP contribution in [0, 0.1) is 0 Å². The summed E-state index contributed by atoms with van der Waals surface area (Å²) in [5, 5.41) is 0. The smallest absolute Gasteiger partial charge is 0.274 e. The summed E-state index contributed by atoms with van der Waals surface area (Å²) in [5.74, 6) is -0.0307. The van der Waals surface area contributed by atoms with Crippen LogP contribution in [-0.4, -0.2) is 53.9 Å². The number of nitrogen functional groups attached to an aromatic ring is 1. The van der Waals surface area contributed by atoms with Crippen LogP contribution in [0.2, 0.25) is 0 Å². The molecule has 2 N–H and O–H groups in total. The Kier molecular flexibility index (Phi) is 4.95. The van der Waals surface area contributed by atoms with E-state index in [-0.39, 0.29) is 5.91 Å². The number of hydrogen-bond donors (Lipinski definition) is 1. The van der Waals surface area contributed by atoms with E-state index in [1.807, 2.05) is 19.0 Å². The van der Waals surface area contributed by atoms with E-state index in [2.05, 4.69) is 9.88 Å². The van der Waals surface area contributed by atoms with Crippen LogP contribution in [0.5, 0.6) is 0 Å². The van der Waals surface area contributed by atoms with Crippen LogP contribution < -0.4 is 5.73 Å². The van der Waals surface area contributed by atoms with Crippen molar-refractivity contribution < 1.29 is 4.79 Å². The lowest BCUT2D eigenvalue weighted by atomic mass is 10.1. The van der Waals surface area contributed by atoms with Crippen LogP contribution in [0.4, 0.5) is 5.69 Å². The fourth-order valence-corrected chi connectivity index (χ4v) is 2.71. The van der Waals surface area contributed by atoms with E-state index < -0.39 is 0 Å². The molecule has 20 heavy (non-hydrogen) atoms. The summed E-state index contributed by atoms with van der Waals surface area (Å²) in [6.45, 7) is 1.58. The molecule has 1 fully saturated rings. The minimum atomic E-state index is -0.0307. The highest BCUT2D eigenvalue weighted by Gasteiger charge is 2.28. The third-order valence-corrected chi connectivity index (χ3v) is 3.86. The molecule has 1 aliphatic carbocycles. The maximum Gasteiger partial charge on any atom is 0.274 e. The number of pyridine rings is 1. The van der Waals surface area contributed by atoms with Crippen molar-refractivity contribution in [3.8, 4) is 0 Å². The Bertz CT molecular complexity index is 455. The number of carbonyl (C=O) groups excluding carboxylic acids is 1. The van der Waals surface area contributed by atoms with Gasteiger partial charge in [-0.1, -0.05) is 12.8 Å². The molecule has 5 heteroatoms. The van der Waals surface area contributed by atoms with E-state index in [0.717, 1.165) is 25.9 Å². The molecule has 0 radical (unpaired) electrons. The first-order chi connectivity index (χ1) is 9.59. The molecule has 5 nitrogen and oxygen atoms in total. The van der Waals surface area contributed by atoms with Crippen molar-refractivity contribution in [1.82, 2.24) is 14.8 Å². The molecule has 1 amide bonds. The monoisotopic (exact) mass is 276 g/mol. The Morgan fingerprint density at radius 3 is 2.65 bits per heavy atom. The van der Waals surface area contributed by atoms with Gasteiger partial charge in [0.2, 0.25) is 0 Å². The van der Waals surface area contributed by atoms with E-state index in [9.17, 15) is 4.79 Å². The molecule has 1 aromatic heterocycles. The predicted octanol–water partition coefficient (Wildman–Crippen LogP) is 1.61. The lowest BCUT2D eigenvalue weighted by molar-refractivity contribution is 0.0663. The highest BCUT2D eigenvalue weighted by atomic mass is 16.2. The van der Waals surface area contributed by atoms with Crippen LogP contribution in [0.1, 0.15) is 36.2 Å². The molecule has 0 aliphatic heterocycles. The van der Waals surface area contributed by atoms with Crippen LogP contribution in [-0.2, 0) is 0 Å². The number of amides is 1. The first-order valence-corrected chi connectivity index (χ1v) is 7.26. The summed E-state index contributed by atoms with van der Waals surface area (Å²) in [5.41, 5.74) is 6.74. The van der Waals surface area contributed by atoms with Gasteiger partial charge >= 0.3 is 0 Å². The summed E-state index contributed by atoms with van der Waals surface area (Å²) in [6.07, 6.45) is 6.21. The van der Waals surface area contributed by atoms with E-state index in [4.69, 9.17) is 5.73 Å². The molecule has 0 saturated heterocycles. The molecule has 2 rings (SSSR count). The van der Waals surface area contributed by atoms with Gasteiger partial charge in [-0.15, -0.1) is 0 Å². The van der Waals surface area contributed by atoms with Gasteiger partial charge < -0.3 is 15.5 Å². The first kappa shape index (κ1) is 14.8. The molecule has 0 spiro atoms. The zero-order valence-corrected chi connectivity index (χ0v) is 12.4. The fourth-order valence-electron chi connectivity index (χ4n) is 2.71. The van der Waals surface area contributed by atoms with Crippen LogP contribution >= 0.6 is 0 Å². The molecule has 0 atom stereocenters. The topological polar surface area (TPSA) is 62.5 Å². The minimum absolute atomic E-state index is 0.0307. The zero-order valence-electron chi connectivity index (χ0n) is 12.4. The maximum absolute atomic E-state index is 12.7. The van der Waals surface area contributed by atoms with Crippen molar-refractivity contribution in [2.75, 3.05) is 32.9 Å². The zero-order chi connectivity index (χ0) is 14.5. The van der Waals surface area contributed by atoms with Gasteiger partial charge in [-0.3, -0.25) is 4.79 Å². The molecule has 1 saturated carbocycles. The van der Waals surface area contributed by atoms with Crippen LogP contribution in [0.15, 0.2) is 18.3 Å². The Morgan fingerprint density at radius 2 is 2.05 bits per heavy atom. The third kappa shape index (κ3) is 3.48. The summed E-state index contributed by atoms with van der Waals surface area (Å²) >= 11 is 0. The lowest BCUT2D eigenvalue weighted by Crippen LogP contribution is -2.43. The molecule has 0 aromatic carbocycles. The minimum Gasteiger partial charge on any atom is -0.397 e. The molecule has 1 aromatic rings. The second kappa shape index (κ2) is 6.70. The van der Waals surface area contributed by atoms with E-state index in [0.29, 0.717) is 17.4 Å². The Balaban J connectivity index is 2.16. The first-order valence-electron chi connectivity index (χ1n) is 7.26. The number of nitrogens with zero attached hydrogens (tertiary/aromatic N) is 3. The SMILES string of the molecule is CN(C)CCN(C(=O)c1ncccc1N)C1CCCC1. The second-order valence-electron chi connectivity index (χ2n) is 5.68. The van der Waals surface area contributed by atoms with Crippen molar-refractivity contribution in [2.45, 2.75) is 31.7 Å². The number of nitrogens with two attached hydrogens (primary N) is 1. The van der Waals surface area contributed by atoms with Gasteiger partial charge in [0, 0.05) is 25.3 Å². The van der Waals surface area contributed by atoms with E-state index >= 15 is 0 Å². The van der Waals surface area contributed by atoms with Crippen LogP contribution in [0.25, 0.3) is 0 Å². The lowest BCUT2D eigenvalue weighted by Gasteiger charge is -2.30. The molecular weight excluding hydrogens is 252 g/mol. The fraction of sp³-hybridized carbons (Fsp3) is 0.600. The van der Waals surface area contributed by atoms with Gasteiger partial charge in [0.15, 0.2) is 5.69 Å². The number of aromatic nitrogens is 1. The molecular formula is C15H24N4O. The van der Waals surface area contributed by atoms with Crippen molar-refractivity contribution in [2.24, 2.45) is 0 Å². The van der Waals surface area contributed by atoms with Gasteiger partial charge in [-0.2, -0.15) is 0 Å². The van der Waals surface area contributed by atoms with Gasteiger partial charge in [0.25, 0.3) is 5.91 Å². The normalized spacial score (nSPS) is 15.8. The quantitative estimate of drug-likeness (QED) is 0.887. The van der Waals surface area contributed by atoms with E-state index in [1.165, 1.54) is 12.8 Å². The standard InChI is InChI=1S/C15H24N4O/c1-18(2)10-11-19(12-6-3-4-7-12)15(20)14-13(16)8-5-9-17-14/h5,8-9,12H,3-4,6-7,10-11,16H2,1-2H3. The average Bonchev–Trinajstić information content (AvgIpc) is 2.93. The molecule has 0 bridgehead atoms.